The molecule has 6 nitrogen and oxygen atoms in total. The molecule has 0 atom stereocenters. The zero-order chi connectivity index (χ0) is 16.8. The normalized spacial score (nSPS) is 10.3. The summed E-state index contributed by atoms with van der Waals surface area (Å²) in [5, 5.41) is 10.1. The van der Waals surface area contributed by atoms with Crippen LogP contribution >= 0.6 is 22.7 Å². The number of nitrogens with one attached hydrogen (secondary N) is 2. The summed E-state index contributed by atoms with van der Waals surface area (Å²) in [6.45, 7) is 0. The fourth-order valence-electron chi connectivity index (χ4n) is 2.00. The van der Waals surface area contributed by atoms with E-state index < -0.39 is 0 Å². The van der Waals surface area contributed by atoms with Crippen molar-refractivity contribution in [1.82, 2.24) is 9.97 Å². The Bertz CT molecular complexity index is 816. The summed E-state index contributed by atoms with van der Waals surface area (Å²) in [6.07, 6.45) is 2.06. The van der Waals surface area contributed by atoms with Gasteiger partial charge in [-0.05, 0) is 5.56 Å². The molecule has 2 heterocycles. The first-order valence-corrected chi connectivity index (χ1v) is 8.92. The van der Waals surface area contributed by atoms with Crippen LogP contribution < -0.4 is 10.6 Å². The Morgan fingerprint density at radius 2 is 1.71 bits per heavy atom. The van der Waals surface area contributed by atoms with Crippen LogP contribution in [0.2, 0.25) is 0 Å². The first kappa shape index (κ1) is 16.3. The van der Waals surface area contributed by atoms with Crippen LogP contribution in [0.5, 0.6) is 0 Å². The van der Waals surface area contributed by atoms with Crippen molar-refractivity contribution < 1.29 is 9.59 Å². The van der Waals surface area contributed by atoms with Crippen molar-refractivity contribution in [3.8, 4) is 0 Å². The van der Waals surface area contributed by atoms with Crippen LogP contribution in [0.1, 0.15) is 11.3 Å². The Hall–Kier alpha value is -2.58. The van der Waals surface area contributed by atoms with Gasteiger partial charge in [-0.25, -0.2) is 9.97 Å². The number of benzene rings is 1. The van der Waals surface area contributed by atoms with Crippen LogP contribution in [0.15, 0.2) is 47.3 Å². The summed E-state index contributed by atoms with van der Waals surface area (Å²) >= 11 is 2.66. The van der Waals surface area contributed by atoms with Gasteiger partial charge in [0.25, 0.3) is 0 Å². The van der Waals surface area contributed by atoms with Crippen molar-refractivity contribution in [2.75, 3.05) is 10.6 Å². The standard InChI is InChI=1S/C16H14N4O2S2/c21-13(8-11-4-2-1-3-5-11)20-16-18-12(10-24-16)9-14(22)19-15-17-6-7-23-15/h1-7,10H,8-9H2,(H,17,19,22)(H,18,20,21). The molecule has 0 saturated carbocycles. The molecule has 24 heavy (non-hydrogen) atoms. The molecule has 0 aliphatic carbocycles. The maximum Gasteiger partial charge on any atom is 0.232 e. The zero-order valence-corrected chi connectivity index (χ0v) is 14.2. The van der Waals surface area contributed by atoms with Crippen LogP contribution in [0.4, 0.5) is 10.3 Å². The number of thiazole rings is 2. The number of hydrogen-bond acceptors (Lipinski definition) is 6. The molecule has 0 fully saturated rings. The van der Waals surface area contributed by atoms with E-state index in [-0.39, 0.29) is 18.2 Å². The van der Waals surface area contributed by atoms with Gasteiger partial charge in [0.2, 0.25) is 11.8 Å². The molecule has 0 saturated heterocycles. The predicted molar refractivity (Wildman–Crippen MR) is 95.3 cm³/mol. The van der Waals surface area contributed by atoms with Crippen molar-refractivity contribution in [2.24, 2.45) is 0 Å². The third-order valence-corrected chi connectivity index (χ3v) is 4.52. The number of carbonyl (C=O) groups excluding carboxylic acids is 2. The molecule has 2 aromatic heterocycles. The van der Waals surface area contributed by atoms with Crippen LogP contribution in [-0.2, 0) is 22.4 Å². The lowest BCUT2D eigenvalue weighted by molar-refractivity contribution is -0.116. The minimum Gasteiger partial charge on any atom is -0.302 e. The van der Waals surface area contributed by atoms with E-state index >= 15 is 0 Å². The summed E-state index contributed by atoms with van der Waals surface area (Å²) in [5.41, 5.74) is 1.55. The van der Waals surface area contributed by atoms with Gasteiger partial charge < -0.3 is 10.6 Å². The molecule has 8 heteroatoms. The number of hydrogen-bond donors (Lipinski definition) is 2. The van der Waals surface area contributed by atoms with Crippen molar-refractivity contribution in [3.63, 3.8) is 0 Å². The van der Waals surface area contributed by atoms with E-state index in [2.05, 4.69) is 20.6 Å². The number of anilines is 2. The SMILES string of the molecule is O=C(Cc1csc(NC(=O)Cc2ccccc2)n1)Nc1nccs1. The van der Waals surface area contributed by atoms with Gasteiger partial charge in [0.05, 0.1) is 18.5 Å². The van der Waals surface area contributed by atoms with E-state index in [0.29, 0.717) is 22.4 Å². The lowest BCUT2D eigenvalue weighted by Crippen LogP contribution is -2.15. The zero-order valence-electron chi connectivity index (χ0n) is 12.6. The van der Waals surface area contributed by atoms with Crippen molar-refractivity contribution in [2.45, 2.75) is 12.8 Å². The topological polar surface area (TPSA) is 84.0 Å². The summed E-state index contributed by atoms with van der Waals surface area (Å²) < 4.78 is 0. The van der Waals surface area contributed by atoms with Gasteiger partial charge in [0.1, 0.15) is 0 Å². The molecule has 122 valence electrons. The molecule has 3 aromatic rings. The van der Waals surface area contributed by atoms with Crippen molar-refractivity contribution in [3.05, 3.63) is 58.5 Å². The minimum absolute atomic E-state index is 0.130. The molecule has 2 amide bonds. The van der Waals surface area contributed by atoms with E-state index in [1.807, 2.05) is 30.3 Å². The monoisotopic (exact) mass is 358 g/mol. The maximum atomic E-state index is 12.0. The average molecular weight is 358 g/mol. The second-order valence-electron chi connectivity index (χ2n) is 4.92. The Morgan fingerprint density at radius 1 is 0.958 bits per heavy atom. The van der Waals surface area contributed by atoms with Crippen molar-refractivity contribution in [1.29, 1.82) is 0 Å². The van der Waals surface area contributed by atoms with E-state index in [1.54, 1.807) is 17.0 Å². The first-order valence-electron chi connectivity index (χ1n) is 7.16. The van der Waals surface area contributed by atoms with Gasteiger partial charge in [0.15, 0.2) is 10.3 Å². The van der Waals surface area contributed by atoms with Crippen LogP contribution in [0.3, 0.4) is 0 Å². The van der Waals surface area contributed by atoms with Gasteiger partial charge in [-0.3, -0.25) is 9.59 Å². The maximum absolute atomic E-state index is 12.0. The number of nitrogens with zero attached hydrogens (tertiary/aromatic N) is 2. The van der Waals surface area contributed by atoms with Gasteiger partial charge in [0, 0.05) is 17.0 Å². The summed E-state index contributed by atoms with van der Waals surface area (Å²) in [6, 6.07) is 9.49. The molecule has 2 N–H and O–H groups in total. The van der Waals surface area contributed by atoms with Gasteiger partial charge in [-0.15, -0.1) is 22.7 Å². The largest absolute Gasteiger partial charge is 0.302 e. The summed E-state index contributed by atoms with van der Waals surface area (Å²) in [5.74, 6) is -0.313. The Balaban J connectivity index is 1.51. The highest BCUT2D eigenvalue weighted by Gasteiger charge is 2.11. The highest BCUT2D eigenvalue weighted by molar-refractivity contribution is 7.14. The lowest BCUT2D eigenvalue weighted by Gasteiger charge is -2.02. The number of amides is 2. The van der Waals surface area contributed by atoms with Gasteiger partial charge >= 0.3 is 0 Å². The van der Waals surface area contributed by atoms with Gasteiger partial charge in [-0.2, -0.15) is 0 Å². The smallest absolute Gasteiger partial charge is 0.232 e. The second-order valence-corrected chi connectivity index (χ2v) is 6.67. The molecule has 0 aliphatic heterocycles. The summed E-state index contributed by atoms with van der Waals surface area (Å²) in [7, 11) is 0. The van der Waals surface area contributed by atoms with E-state index in [9.17, 15) is 9.59 Å². The van der Waals surface area contributed by atoms with E-state index in [0.717, 1.165) is 5.56 Å². The van der Waals surface area contributed by atoms with Crippen LogP contribution in [-0.4, -0.2) is 21.8 Å². The average Bonchev–Trinajstić information content (AvgIpc) is 3.20. The van der Waals surface area contributed by atoms with Crippen molar-refractivity contribution >= 4 is 44.8 Å². The number of rotatable bonds is 6. The molecular formula is C16H14N4O2S2. The lowest BCUT2D eigenvalue weighted by atomic mass is 10.1. The molecule has 0 unspecified atom stereocenters. The van der Waals surface area contributed by atoms with E-state index in [1.165, 1.54) is 22.7 Å². The Kier molecular flexibility index (Phi) is 5.29. The highest BCUT2D eigenvalue weighted by atomic mass is 32.1. The second kappa shape index (κ2) is 7.80. The van der Waals surface area contributed by atoms with E-state index in [4.69, 9.17) is 0 Å². The molecule has 0 radical (unpaired) electrons. The molecule has 3 rings (SSSR count). The third kappa shape index (κ3) is 4.71. The molecule has 0 bridgehead atoms. The highest BCUT2D eigenvalue weighted by Crippen LogP contribution is 2.17. The third-order valence-electron chi connectivity index (χ3n) is 3.03. The van der Waals surface area contributed by atoms with Crippen LogP contribution in [0.25, 0.3) is 0 Å². The van der Waals surface area contributed by atoms with Crippen LogP contribution in [0, 0.1) is 0 Å². The fraction of sp³-hybridized carbons (Fsp3) is 0.125. The number of carbonyl (C=O) groups is 2. The Morgan fingerprint density at radius 3 is 2.46 bits per heavy atom. The molecule has 0 spiro atoms. The predicted octanol–water partition coefficient (Wildman–Crippen LogP) is 2.96. The number of aromatic nitrogens is 2. The molecule has 1 aromatic carbocycles. The first-order chi connectivity index (χ1) is 11.7. The summed E-state index contributed by atoms with van der Waals surface area (Å²) in [4.78, 5) is 32.1. The quantitative estimate of drug-likeness (QED) is 0.709. The Labute approximate surface area is 146 Å². The minimum atomic E-state index is -0.183. The molecule has 0 aliphatic rings. The molecular weight excluding hydrogens is 344 g/mol. The van der Waals surface area contributed by atoms with Gasteiger partial charge in [-0.1, -0.05) is 30.3 Å². The fourth-order valence-corrected chi connectivity index (χ4v) is 3.27.